The van der Waals surface area contributed by atoms with Crippen LogP contribution < -0.4 is 9.47 Å². The van der Waals surface area contributed by atoms with Gasteiger partial charge in [0.2, 0.25) is 11.7 Å². The first-order valence-corrected chi connectivity index (χ1v) is 9.75. The van der Waals surface area contributed by atoms with Crippen LogP contribution in [0.1, 0.15) is 5.89 Å². The van der Waals surface area contributed by atoms with Crippen LogP contribution in [0.3, 0.4) is 0 Å². The Morgan fingerprint density at radius 3 is 2.56 bits per heavy atom. The predicted octanol–water partition coefficient (Wildman–Crippen LogP) is 5.98. The number of halogens is 2. The Hall–Kier alpha value is -2.42. The van der Waals surface area contributed by atoms with Gasteiger partial charge in [0, 0.05) is 12.3 Å². The van der Waals surface area contributed by atoms with Gasteiger partial charge in [-0.05, 0) is 58.4 Å². The number of ether oxygens (including phenoxy) is 2. The SMILES string of the molecule is Clc1ccc(Oc2ccc(OCc3nc(-c4ccc(Br)s4)no3)cc2)nc1. The van der Waals surface area contributed by atoms with Crippen molar-refractivity contribution >= 4 is 38.9 Å². The van der Waals surface area contributed by atoms with E-state index in [1.165, 1.54) is 17.5 Å². The van der Waals surface area contributed by atoms with Crippen LogP contribution in [0.25, 0.3) is 10.7 Å². The Balaban J connectivity index is 1.35. The number of nitrogens with zero attached hydrogens (tertiary/aromatic N) is 3. The van der Waals surface area contributed by atoms with Crippen LogP contribution in [0.5, 0.6) is 17.4 Å². The highest BCUT2D eigenvalue weighted by molar-refractivity contribution is 9.11. The van der Waals surface area contributed by atoms with E-state index >= 15 is 0 Å². The van der Waals surface area contributed by atoms with Crippen LogP contribution >= 0.6 is 38.9 Å². The summed E-state index contributed by atoms with van der Waals surface area (Å²) in [5.74, 6) is 2.71. The fourth-order valence-corrected chi connectivity index (χ4v) is 3.56. The van der Waals surface area contributed by atoms with Crippen molar-refractivity contribution in [3.8, 4) is 28.1 Å². The molecule has 0 atom stereocenters. The Bertz CT molecular complexity index is 1030. The van der Waals surface area contributed by atoms with Crippen molar-refractivity contribution in [3.05, 3.63) is 69.4 Å². The Morgan fingerprint density at radius 2 is 1.85 bits per heavy atom. The monoisotopic (exact) mass is 463 g/mol. The fraction of sp³-hybridized carbons (Fsp3) is 0.0556. The molecule has 4 aromatic rings. The second kappa shape index (κ2) is 8.08. The maximum atomic E-state index is 5.80. The largest absolute Gasteiger partial charge is 0.484 e. The van der Waals surface area contributed by atoms with Crippen LogP contribution in [-0.4, -0.2) is 15.1 Å². The lowest BCUT2D eigenvalue weighted by molar-refractivity contribution is 0.243. The summed E-state index contributed by atoms with van der Waals surface area (Å²) in [5, 5.41) is 4.52. The molecule has 0 spiro atoms. The van der Waals surface area contributed by atoms with E-state index < -0.39 is 0 Å². The molecule has 0 radical (unpaired) electrons. The summed E-state index contributed by atoms with van der Waals surface area (Å²) in [5.41, 5.74) is 0. The van der Waals surface area contributed by atoms with Crippen molar-refractivity contribution in [1.29, 1.82) is 0 Å². The molecule has 0 bridgehead atoms. The van der Waals surface area contributed by atoms with E-state index in [1.807, 2.05) is 12.1 Å². The minimum Gasteiger partial charge on any atom is -0.484 e. The van der Waals surface area contributed by atoms with Crippen LogP contribution in [-0.2, 0) is 6.61 Å². The lowest BCUT2D eigenvalue weighted by Crippen LogP contribution is -1.95. The molecular formula is C18H11BrClN3O3S. The third-order valence-electron chi connectivity index (χ3n) is 3.37. The molecular weight excluding hydrogens is 454 g/mol. The molecule has 4 rings (SSSR count). The van der Waals surface area contributed by atoms with Crippen molar-refractivity contribution in [2.45, 2.75) is 6.61 Å². The number of rotatable bonds is 6. The Kier molecular flexibility index (Phi) is 5.38. The summed E-state index contributed by atoms with van der Waals surface area (Å²) in [6.45, 7) is 0.179. The van der Waals surface area contributed by atoms with Gasteiger partial charge >= 0.3 is 0 Å². The highest BCUT2D eigenvalue weighted by atomic mass is 79.9. The van der Waals surface area contributed by atoms with Gasteiger partial charge in [0.25, 0.3) is 5.89 Å². The summed E-state index contributed by atoms with van der Waals surface area (Å²) in [4.78, 5) is 9.34. The summed E-state index contributed by atoms with van der Waals surface area (Å²) in [7, 11) is 0. The predicted molar refractivity (Wildman–Crippen MR) is 105 cm³/mol. The van der Waals surface area contributed by atoms with Gasteiger partial charge in [0.1, 0.15) is 11.5 Å². The van der Waals surface area contributed by atoms with E-state index in [0.717, 1.165) is 8.66 Å². The normalized spacial score (nSPS) is 10.7. The Morgan fingerprint density at radius 1 is 1.04 bits per heavy atom. The lowest BCUT2D eigenvalue weighted by Gasteiger charge is -2.06. The molecule has 0 saturated carbocycles. The smallest absolute Gasteiger partial charge is 0.264 e. The molecule has 0 fully saturated rings. The van der Waals surface area contributed by atoms with Gasteiger partial charge < -0.3 is 14.0 Å². The minimum atomic E-state index is 0.179. The molecule has 0 saturated heterocycles. The summed E-state index contributed by atoms with van der Waals surface area (Å²) in [6, 6.07) is 14.4. The van der Waals surface area contributed by atoms with Crippen molar-refractivity contribution in [1.82, 2.24) is 15.1 Å². The van der Waals surface area contributed by atoms with Crippen LogP contribution in [0, 0.1) is 0 Å². The standard InChI is InChI=1S/C18H11BrClN3O3S/c19-15-7-6-14(27-15)18-22-17(26-23-18)10-24-12-2-4-13(5-3-12)25-16-8-1-11(20)9-21-16/h1-9H,10H2. The van der Waals surface area contributed by atoms with Crippen molar-refractivity contribution in [3.63, 3.8) is 0 Å². The van der Waals surface area contributed by atoms with Gasteiger partial charge in [0.05, 0.1) is 13.7 Å². The molecule has 0 aliphatic heterocycles. The van der Waals surface area contributed by atoms with Crippen LogP contribution in [0.2, 0.25) is 5.02 Å². The molecule has 136 valence electrons. The molecule has 9 heteroatoms. The van der Waals surface area contributed by atoms with E-state index in [1.54, 1.807) is 36.4 Å². The van der Waals surface area contributed by atoms with E-state index in [0.29, 0.717) is 34.1 Å². The second-order valence-corrected chi connectivity index (χ2v) is 8.19. The van der Waals surface area contributed by atoms with Gasteiger partial charge in [-0.15, -0.1) is 11.3 Å². The van der Waals surface area contributed by atoms with Gasteiger partial charge in [-0.1, -0.05) is 16.8 Å². The fourth-order valence-electron chi connectivity index (χ4n) is 2.14. The lowest BCUT2D eigenvalue weighted by atomic mass is 10.3. The Labute approximate surface area is 171 Å². The van der Waals surface area contributed by atoms with Crippen molar-refractivity contribution in [2.75, 3.05) is 0 Å². The quantitative estimate of drug-likeness (QED) is 0.349. The average Bonchev–Trinajstić information content (AvgIpc) is 3.32. The van der Waals surface area contributed by atoms with Crippen LogP contribution in [0.4, 0.5) is 0 Å². The highest BCUT2D eigenvalue weighted by Crippen LogP contribution is 2.29. The molecule has 27 heavy (non-hydrogen) atoms. The van der Waals surface area contributed by atoms with Crippen LogP contribution in [0.15, 0.2) is 63.0 Å². The molecule has 0 N–H and O–H groups in total. The minimum absolute atomic E-state index is 0.179. The maximum absolute atomic E-state index is 5.80. The second-order valence-electron chi connectivity index (χ2n) is 5.29. The first kappa shape index (κ1) is 18.0. The zero-order valence-electron chi connectivity index (χ0n) is 13.6. The van der Waals surface area contributed by atoms with E-state index in [4.69, 9.17) is 25.6 Å². The van der Waals surface area contributed by atoms with E-state index in [9.17, 15) is 0 Å². The zero-order chi connectivity index (χ0) is 18.6. The molecule has 0 amide bonds. The van der Waals surface area contributed by atoms with E-state index in [2.05, 4.69) is 31.1 Å². The first-order chi connectivity index (χ1) is 13.2. The zero-order valence-corrected chi connectivity index (χ0v) is 16.8. The first-order valence-electron chi connectivity index (χ1n) is 7.76. The molecule has 0 aliphatic rings. The number of hydrogen-bond donors (Lipinski definition) is 0. The molecule has 0 unspecified atom stereocenters. The molecule has 6 nitrogen and oxygen atoms in total. The summed E-state index contributed by atoms with van der Waals surface area (Å²) < 4.78 is 17.5. The van der Waals surface area contributed by atoms with Crippen molar-refractivity contribution < 1.29 is 14.0 Å². The number of pyridine rings is 1. The van der Waals surface area contributed by atoms with Crippen molar-refractivity contribution in [2.24, 2.45) is 0 Å². The summed E-state index contributed by atoms with van der Waals surface area (Å²) >= 11 is 10.8. The number of hydrogen-bond acceptors (Lipinski definition) is 7. The molecule has 0 aliphatic carbocycles. The van der Waals surface area contributed by atoms with Gasteiger partial charge in [-0.2, -0.15) is 4.98 Å². The summed E-state index contributed by atoms with van der Waals surface area (Å²) in [6.07, 6.45) is 1.53. The topological polar surface area (TPSA) is 70.3 Å². The number of thiophene rings is 1. The molecule has 3 heterocycles. The highest BCUT2D eigenvalue weighted by Gasteiger charge is 2.11. The van der Waals surface area contributed by atoms with Gasteiger partial charge in [0.15, 0.2) is 6.61 Å². The average molecular weight is 465 g/mol. The van der Waals surface area contributed by atoms with Gasteiger partial charge in [-0.3, -0.25) is 0 Å². The maximum Gasteiger partial charge on any atom is 0.264 e. The third-order valence-corrected chi connectivity index (χ3v) is 5.21. The molecule has 1 aromatic carbocycles. The van der Waals surface area contributed by atoms with Gasteiger partial charge in [-0.25, -0.2) is 4.98 Å². The number of aromatic nitrogens is 3. The molecule has 3 aromatic heterocycles. The number of benzene rings is 1. The van der Waals surface area contributed by atoms with E-state index in [-0.39, 0.29) is 6.61 Å². The third kappa shape index (κ3) is 4.65.